The highest BCUT2D eigenvalue weighted by Crippen LogP contribution is 2.26. The van der Waals surface area contributed by atoms with Gasteiger partial charge in [0.25, 0.3) is 0 Å². The van der Waals surface area contributed by atoms with Crippen LogP contribution in [-0.2, 0) is 19.1 Å². The fraction of sp³-hybridized carbons (Fsp3) is 0.714. The zero-order valence-corrected chi connectivity index (χ0v) is 12.0. The maximum absolute atomic E-state index is 12.0. The molecule has 0 radical (unpaired) electrons. The molecular formula is C14H24O4. The summed E-state index contributed by atoms with van der Waals surface area (Å²) in [5.41, 5.74) is -0.300. The van der Waals surface area contributed by atoms with E-state index in [4.69, 9.17) is 9.47 Å². The summed E-state index contributed by atoms with van der Waals surface area (Å²) in [5.74, 6) is -1.11. The molecule has 0 spiro atoms. The van der Waals surface area contributed by atoms with Crippen LogP contribution in [0.25, 0.3) is 0 Å². The lowest BCUT2D eigenvalue weighted by Crippen LogP contribution is -2.38. The van der Waals surface area contributed by atoms with E-state index in [1.54, 1.807) is 26.8 Å². The predicted molar refractivity (Wildman–Crippen MR) is 70.0 cm³/mol. The highest BCUT2D eigenvalue weighted by atomic mass is 16.6. The summed E-state index contributed by atoms with van der Waals surface area (Å²) in [6, 6.07) is 0. The van der Waals surface area contributed by atoms with Gasteiger partial charge in [-0.25, -0.2) is 0 Å². The van der Waals surface area contributed by atoms with E-state index in [1.807, 2.05) is 13.8 Å². The fourth-order valence-corrected chi connectivity index (χ4v) is 1.63. The van der Waals surface area contributed by atoms with Gasteiger partial charge in [0.05, 0.1) is 13.2 Å². The smallest absolute Gasteiger partial charge is 0.327 e. The number of carbonyl (C=O) groups excluding carboxylic acids is 2. The second-order valence-corrected chi connectivity index (χ2v) is 4.15. The SMILES string of the molecule is CCOC(=O)C(C)(C=C(CC)CC)C(=O)OCC. The second-order valence-electron chi connectivity index (χ2n) is 4.15. The normalized spacial score (nSPS) is 10.7. The molecule has 0 aliphatic heterocycles. The first kappa shape index (κ1) is 16.7. The van der Waals surface area contributed by atoms with Gasteiger partial charge in [0.2, 0.25) is 0 Å². The van der Waals surface area contributed by atoms with Crippen molar-refractivity contribution >= 4 is 11.9 Å². The van der Waals surface area contributed by atoms with Crippen LogP contribution in [0.1, 0.15) is 47.5 Å². The molecule has 0 fully saturated rings. The Balaban J connectivity index is 5.33. The van der Waals surface area contributed by atoms with Gasteiger partial charge in [0, 0.05) is 0 Å². The summed E-state index contributed by atoms with van der Waals surface area (Å²) in [7, 11) is 0. The van der Waals surface area contributed by atoms with Crippen molar-refractivity contribution in [3.05, 3.63) is 11.6 Å². The Morgan fingerprint density at radius 2 is 1.33 bits per heavy atom. The molecule has 0 aromatic carbocycles. The third-order valence-electron chi connectivity index (χ3n) is 2.80. The number of hydrogen-bond donors (Lipinski definition) is 0. The lowest BCUT2D eigenvalue weighted by molar-refractivity contribution is -0.166. The Kier molecular flexibility index (Phi) is 7.32. The highest BCUT2D eigenvalue weighted by Gasteiger charge is 2.42. The molecule has 0 heterocycles. The molecule has 18 heavy (non-hydrogen) atoms. The van der Waals surface area contributed by atoms with Crippen molar-refractivity contribution in [2.45, 2.75) is 47.5 Å². The Morgan fingerprint density at radius 1 is 0.944 bits per heavy atom. The molecule has 0 atom stereocenters. The summed E-state index contributed by atoms with van der Waals surface area (Å²) >= 11 is 0. The Bertz CT molecular complexity index is 294. The van der Waals surface area contributed by atoms with Gasteiger partial charge in [-0.05, 0) is 33.6 Å². The van der Waals surface area contributed by atoms with Crippen molar-refractivity contribution in [2.75, 3.05) is 13.2 Å². The van der Waals surface area contributed by atoms with Gasteiger partial charge in [0.1, 0.15) is 0 Å². The van der Waals surface area contributed by atoms with Crippen LogP contribution in [0.5, 0.6) is 0 Å². The number of rotatable bonds is 7. The van der Waals surface area contributed by atoms with E-state index in [2.05, 4.69) is 0 Å². The standard InChI is InChI=1S/C14H24O4/c1-6-11(7-2)10-14(5,12(15)17-8-3)13(16)18-9-4/h10H,6-9H2,1-5H3. The lowest BCUT2D eigenvalue weighted by Gasteiger charge is -2.22. The number of hydrogen-bond acceptors (Lipinski definition) is 4. The molecule has 0 rings (SSSR count). The first-order chi connectivity index (χ1) is 8.46. The number of allylic oxidation sites excluding steroid dienone is 1. The van der Waals surface area contributed by atoms with Crippen molar-refractivity contribution in [1.29, 1.82) is 0 Å². The van der Waals surface area contributed by atoms with Crippen LogP contribution in [0.4, 0.5) is 0 Å². The van der Waals surface area contributed by atoms with Crippen molar-refractivity contribution in [3.63, 3.8) is 0 Å². The summed E-state index contributed by atoms with van der Waals surface area (Å²) in [6.07, 6.45) is 3.28. The van der Waals surface area contributed by atoms with Crippen LogP contribution in [-0.4, -0.2) is 25.2 Å². The average molecular weight is 256 g/mol. The van der Waals surface area contributed by atoms with Crippen molar-refractivity contribution in [1.82, 2.24) is 0 Å². The van der Waals surface area contributed by atoms with E-state index in [0.29, 0.717) is 0 Å². The topological polar surface area (TPSA) is 52.6 Å². The maximum Gasteiger partial charge on any atom is 0.327 e. The summed E-state index contributed by atoms with van der Waals surface area (Å²) < 4.78 is 9.96. The highest BCUT2D eigenvalue weighted by molar-refractivity contribution is 6.01. The molecule has 0 aromatic rings. The summed E-state index contributed by atoms with van der Waals surface area (Å²) in [6.45, 7) is 9.46. The van der Waals surface area contributed by atoms with Crippen molar-refractivity contribution < 1.29 is 19.1 Å². The van der Waals surface area contributed by atoms with Crippen molar-refractivity contribution in [2.24, 2.45) is 5.41 Å². The quantitative estimate of drug-likeness (QED) is 0.399. The third-order valence-corrected chi connectivity index (χ3v) is 2.80. The minimum Gasteiger partial charge on any atom is -0.465 e. The van der Waals surface area contributed by atoms with Gasteiger partial charge >= 0.3 is 11.9 Å². The molecule has 0 saturated carbocycles. The molecule has 0 bridgehead atoms. The average Bonchev–Trinajstić information content (AvgIpc) is 2.36. The van der Waals surface area contributed by atoms with Crippen LogP contribution in [0.15, 0.2) is 11.6 Å². The van der Waals surface area contributed by atoms with Crippen molar-refractivity contribution in [3.8, 4) is 0 Å². The van der Waals surface area contributed by atoms with Crippen LogP contribution in [0.3, 0.4) is 0 Å². The monoisotopic (exact) mass is 256 g/mol. The van der Waals surface area contributed by atoms with E-state index >= 15 is 0 Å². The fourth-order valence-electron chi connectivity index (χ4n) is 1.63. The van der Waals surface area contributed by atoms with E-state index < -0.39 is 17.4 Å². The molecule has 0 aromatic heterocycles. The summed E-state index contributed by atoms with van der Waals surface area (Å²) in [4.78, 5) is 24.0. The second kappa shape index (κ2) is 7.90. The van der Waals surface area contributed by atoms with Gasteiger partial charge < -0.3 is 9.47 Å². The molecule has 4 heteroatoms. The zero-order valence-electron chi connectivity index (χ0n) is 12.0. The van der Waals surface area contributed by atoms with E-state index in [0.717, 1.165) is 18.4 Å². The van der Waals surface area contributed by atoms with E-state index in [9.17, 15) is 9.59 Å². The van der Waals surface area contributed by atoms with Gasteiger partial charge in [-0.3, -0.25) is 9.59 Å². The van der Waals surface area contributed by atoms with Crippen LogP contribution in [0.2, 0.25) is 0 Å². The molecule has 0 amide bonds. The maximum atomic E-state index is 12.0. The summed E-state index contributed by atoms with van der Waals surface area (Å²) in [5, 5.41) is 0. The number of ether oxygens (including phenoxy) is 2. The van der Waals surface area contributed by atoms with Crippen LogP contribution < -0.4 is 0 Å². The zero-order chi connectivity index (χ0) is 14.2. The third kappa shape index (κ3) is 4.17. The minimum atomic E-state index is -1.34. The van der Waals surface area contributed by atoms with Crippen LogP contribution >= 0.6 is 0 Å². The first-order valence-corrected chi connectivity index (χ1v) is 6.51. The largest absolute Gasteiger partial charge is 0.465 e. The Hall–Kier alpha value is -1.32. The molecule has 104 valence electrons. The first-order valence-electron chi connectivity index (χ1n) is 6.51. The molecule has 0 aliphatic carbocycles. The number of carbonyl (C=O) groups is 2. The predicted octanol–water partition coefficient (Wildman–Crippen LogP) is 2.87. The van der Waals surface area contributed by atoms with Gasteiger partial charge in [-0.1, -0.05) is 25.5 Å². The van der Waals surface area contributed by atoms with E-state index in [-0.39, 0.29) is 13.2 Å². The molecule has 0 saturated heterocycles. The Morgan fingerprint density at radius 3 is 1.61 bits per heavy atom. The molecule has 0 N–H and O–H groups in total. The van der Waals surface area contributed by atoms with E-state index in [1.165, 1.54) is 0 Å². The Labute approximate surface area is 109 Å². The van der Waals surface area contributed by atoms with Gasteiger partial charge in [-0.15, -0.1) is 0 Å². The molecule has 0 aliphatic rings. The molecular weight excluding hydrogens is 232 g/mol. The lowest BCUT2D eigenvalue weighted by atomic mass is 9.87. The molecule has 0 unspecified atom stereocenters. The van der Waals surface area contributed by atoms with Gasteiger partial charge in [-0.2, -0.15) is 0 Å². The minimum absolute atomic E-state index is 0.245. The van der Waals surface area contributed by atoms with Crippen LogP contribution in [0, 0.1) is 5.41 Å². The molecule has 4 nitrogen and oxygen atoms in total. The van der Waals surface area contributed by atoms with Gasteiger partial charge in [0.15, 0.2) is 5.41 Å². The number of esters is 2.